The lowest BCUT2D eigenvalue weighted by molar-refractivity contribution is -0.120. The Morgan fingerprint density at radius 1 is 1.27 bits per heavy atom. The van der Waals surface area contributed by atoms with Crippen molar-refractivity contribution in [3.63, 3.8) is 0 Å². The summed E-state index contributed by atoms with van der Waals surface area (Å²) in [7, 11) is 1.85. The summed E-state index contributed by atoms with van der Waals surface area (Å²) in [5.41, 5.74) is 2.00. The number of piperazine rings is 1. The minimum atomic E-state index is 0. The minimum absolute atomic E-state index is 0. The number of hydrogen-bond acceptors (Lipinski definition) is 3. The van der Waals surface area contributed by atoms with Crippen molar-refractivity contribution in [1.82, 2.24) is 20.0 Å². The number of guanidine groups is 1. The maximum atomic E-state index is 12.6. The van der Waals surface area contributed by atoms with Crippen LogP contribution in [-0.2, 0) is 18.4 Å². The molecule has 7 nitrogen and oxygen atoms in total. The fourth-order valence-corrected chi connectivity index (χ4v) is 2.85. The number of aromatic nitrogens is 2. The summed E-state index contributed by atoms with van der Waals surface area (Å²) in [6, 6.07) is 10.1. The summed E-state index contributed by atoms with van der Waals surface area (Å²) < 4.78 is 1.71. The smallest absolute Gasteiger partial charge is 0.246 e. The molecule has 3 rings (SSSR count). The average Bonchev–Trinajstić information content (AvgIpc) is 3.05. The number of hydrogen-bond donors (Lipinski definition) is 1. The molecule has 0 spiro atoms. The lowest BCUT2D eigenvalue weighted by atomic mass is 10.2. The zero-order valence-electron chi connectivity index (χ0n) is 15.1. The Morgan fingerprint density at radius 2 is 2.04 bits per heavy atom. The molecule has 0 unspecified atom stereocenters. The summed E-state index contributed by atoms with van der Waals surface area (Å²) in [6.45, 7) is 5.08. The number of carbonyl (C=O) groups is 1. The third-order valence-electron chi connectivity index (χ3n) is 4.11. The normalized spacial score (nSPS) is 15.0. The van der Waals surface area contributed by atoms with Gasteiger partial charge in [-0.25, -0.2) is 4.99 Å². The largest absolute Gasteiger partial charge is 0.356 e. The van der Waals surface area contributed by atoms with E-state index in [1.165, 1.54) is 0 Å². The van der Waals surface area contributed by atoms with Crippen LogP contribution in [0.1, 0.15) is 12.5 Å². The zero-order valence-corrected chi connectivity index (χ0v) is 17.5. The highest BCUT2D eigenvalue weighted by molar-refractivity contribution is 14.0. The molecule has 0 aliphatic carbocycles. The van der Waals surface area contributed by atoms with Gasteiger partial charge in [-0.15, -0.1) is 24.0 Å². The Kier molecular flexibility index (Phi) is 7.43. The van der Waals surface area contributed by atoms with Crippen molar-refractivity contribution >= 4 is 41.5 Å². The average molecular weight is 468 g/mol. The number of carbonyl (C=O) groups excluding carboxylic acids is 1. The molecule has 1 amide bonds. The molecule has 0 atom stereocenters. The van der Waals surface area contributed by atoms with E-state index in [-0.39, 0.29) is 29.9 Å². The number of aryl methyl sites for hydroxylation is 1. The van der Waals surface area contributed by atoms with E-state index >= 15 is 0 Å². The quantitative estimate of drug-likeness (QED) is 0.423. The van der Waals surface area contributed by atoms with Crippen LogP contribution in [0.25, 0.3) is 0 Å². The second kappa shape index (κ2) is 9.56. The van der Waals surface area contributed by atoms with Crippen LogP contribution in [-0.4, -0.2) is 52.7 Å². The van der Waals surface area contributed by atoms with Crippen molar-refractivity contribution in [3.8, 4) is 0 Å². The van der Waals surface area contributed by atoms with Crippen molar-refractivity contribution in [2.75, 3.05) is 31.1 Å². The van der Waals surface area contributed by atoms with Gasteiger partial charge in [0.25, 0.3) is 0 Å². The minimum Gasteiger partial charge on any atom is -0.356 e. The first-order valence-corrected chi connectivity index (χ1v) is 8.53. The zero-order chi connectivity index (χ0) is 17.6. The van der Waals surface area contributed by atoms with Gasteiger partial charge in [-0.2, -0.15) is 5.10 Å². The number of aliphatic imine (C=N–C) groups is 1. The van der Waals surface area contributed by atoms with Gasteiger partial charge in [0.05, 0.1) is 18.4 Å². The number of nitrogens with one attached hydrogen (secondary N) is 1. The molecule has 26 heavy (non-hydrogen) atoms. The van der Waals surface area contributed by atoms with Gasteiger partial charge in [0.2, 0.25) is 5.91 Å². The van der Waals surface area contributed by atoms with Crippen molar-refractivity contribution < 1.29 is 4.79 Å². The number of benzene rings is 1. The Hall–Kier alpha value is -2.10. The summed E-state index contributed by atoms with van der Waals surface area (Å²) in [5, 5.41) is 7.44. The molecule has 2 aromatic rings. The summed E-state index contributed by atoms with van der Waals surface area (Å²) in [4.78, 5) is 21.0. The van der Waals surface area contributed by atoms with Gasteiger partial charge >= 0.3 is 0 Å². The van der Waals surface area contributed by atoms with E-state index in [9.17, 15) is 4.79 Å². The van der Waals surface area contributed by atoms with Crippen LogP contribution >= 0.6 is 24.0 Å². The Labute approximate surface area is 171 Å². The highest BCUT2D eigenvalue weighted by atomic mass is 127. The van der Waals surface area contributed by atoms with Crippen LogP contribution in [0.4, 0.5) is 5.69 Å². The van der Waals surface area contributed by atoms with Gasteiger partial charge in [-0.05, 0) is 12.5 Å². The number of amides is 1. The van der Waals surface area contributed by atoms with E-state index in [4.69, 9.17) is 0 Å². The SMILES string of the molecule is CCNC(=NCc1ccccc1)N1CCN(c2cnn(C)c2)C(=O)C1.I. The fraction of sp³-hybridized carbons (Fsp3) is 0.389. The second-order valence-electron chi connectivity index (χ2n) is 5.99. The fourth-order valence-electron chi connectivity index (χ4n) is 2.85. The van der Waals surface area contributed by atoms with Gasteiger partial charge in [-0.3, -0.25) is 9.48 Å². The second-order valence-corrected chi connectivity index (χ2v) is 5.99. The number of anilines is 1. The standard InChI is InChI=1S/C18H24N6O.HI/c1-3-19-18(20-11-15-7-5-4-6-8-15)23-9-10-24(17(25)14-23)16-12-21-22(2)13-16;/h4-8,12-13H,3,9-11,14H2,1-2H3,(H,19,20);1H. The topological polar surface area (TPSA) is 65.8 Å². The molecule has 140 valence electrons. The lowest BCUT2D eigenvalue weighted by Gasteiger charge is -2.35. The molecule has 8 heteroatoms. The molecule has 1 aromatic carbocycles. The maximum absolute atomic E-state index is 12.6. The van der Waals surface area contributed by atoms with Crippen molar-refractivity contribution in [2.45, 2.75) is 13.5 Å². The molecule has 2 heterocycles. The van der Waals surface area contributed by atoms with E-state index in [2.05, 4.69) is 27.5 Å². The van der Waals surface area contributed by atoms with Gasteiger partial charge in [0.1, 0.15) is 6.54 Å². The molecule has 0 radical (unpaired) electrons. The lowest BCUT2D eigenvalue weighted by Crippen LogP contribution is -2.55. The molecule has 1 aliphatic rings. The van der Waals surface area contributed by atoms with Crippen LogP contribution in [0.15, 0.2) is 47.7 Å². The maximum Gasteiger partial charge on any atom is 0.246 e. The highest BCUT2D eigenvalue weighted by Crippen LogP contribution is 2.16. The van der Waals surface area contributed by atoms with E-state index in [1.54, 1.807) is 15.8 Å². The van der Waals surface area contributed by atoms with Gasteiger partial charge in [-0.1, -0.05) is 30.3 Å². The monoisotopic (exact) mass is 468 g/mol. The van der Waals surface area contributed by atoms with Gasteiger partial charge in [0, 0.05) is 32.9 Å². The summed E-state index contributed by atoms with van der Waals surface area (Å²) in [5.74, 6) is 0.843. The number of nitrogens with zero attached hydrogens (tertiary/aromatic N) is 5. The van der Waals surface area contributed by atoms with E-state index in [1.807, 2.05) is 43.3 Å². The first kappa shape index (κ1) is 20.2. The van der Waals surface area contributed by atoms with Crippen molar-refractivity contribution in [1.29, 1.82) is 0 Å². The molecule has 0 saturated carbocycles. The predicted molar refractivity (Wildman–Crippen MR) is 114 cm³/mol. The van der Waals surface area contributed by atoms with Crippen LogP contribution in [0, 0.1) is 0 Å². The molecular weight excluding hydrogens is 443 g/mol. The van der Waals surface area contributed by atoms with Crippen LogP contribution < -0.4 is 10.2 Å². The third kappa shape index (κ3) is 4.96. The Morgan fingerprint density at radius 3 is 2.65 bits per heavy atom. The van der Waals surface area contributed by atoms with E-state index in [0.717, 1.165) is 30.3 Å². The first-order valence-electron chi connectivity index (χ1n) is 8.53. The Bertz CT molecular complexity index is 745. The molecule has 1 fully saturated rings. The predicted octanol–water partition coefficient (Wildman–Crippen LogP) is 1.85. The van der Waals surface area contributed by atoms with E-state index < -0.39 is 0 Å². The van der Waals surface area contributed by atoms with Crippen molar-refractivity contribution in [3.05, 3.63) is 48.3 Å². The number of halogens is 1. The van der Waals surface area contributed by atoms with Gasteiger partial charge in [0.15, 0.2) is 5.96 Å². The number of rotatable bonds is 4. The molecule has 0 bridgehead atoms. The molecular formula is C18H25IN6O. The summed E-state index contributed by atoms with van der Waals surface area (Å²) in [6.07, 6.45) is 3.59. The highest BCUT2D eigenvalue weighted by Gasteiger charge is 2.27. The van der Waals surface area contributed by atoms with Crippen LogP contribution in [0.2, 0.25) is 0 Å². The molecule has 1 saturated heterocycles. The van der Waals surface area contributed by atoms with Crippen LogP contribution in [0.5, 0.6) is 0 Å². The van der Waals surface area contributed by atoms with Crippen molar-refractivity contribution in [2.24, 2.45) is 12.0 Å². The van der Waals surface area contributed by atoms with Gasteiger partial charge < -0.3 is 15.1 Å². The summed E-state index contributed by atoms with van der Waals surface area (Å²) >= 11 is 0. The first-order chi connectivity index (χ1) is 12.2. The van der Waals surface area contributed by atoms with Crippen LogP contribution in [0.3, 0.4) is 0 Å². The van der Waals surface area contributed by atoms with E-state index in [0.29, 0.717) is 19.6 Å². The third-order valence-corrected chi connectivity index (χ3v) is 4.11. The molecule has 1 aliphatic heterocycles. The molecule has 1 aromatic heterocycles. The molecule has 1 N–H and O–H groups in total. The Balaban J connectivity index is 0.00000243.